The van der Waals surface area contributed by atoms with Gasteiger partial charge in [-0.2, -0.15) is 18.3 Å². The molecule has 1 aromatic heterocycles. The van der Waals surface area contributed by atoms with Gasteiger partial charge in [0.1, 0.15) is 0 Å². The Morgan fingerprint density at radius 2 is 2.33 bits per heavy atom. The molecule has 0 aliphatic heterocycles. The van der Waals surface area contributed by atoms with E-state index in [-0.39, 0.29) is 31.1 Å². The number of H-pyrrole nitrogens is 1. The fraction of sp³-hybridized carbons (Fsp3) is 0. The van der Waals surface area contributed by atoms with E-state index in [1.54, 1.807) is 0 Å². The van der Waals surface area contributed by atoms with Crippen LogP contribution in [-0.4, -0.2) is 4.98 Å². The fourth-order valence-electron chi connectivity index (χ4n) is 0.241. The van der Waals surface area contributed by atoms with Crippen molar-refractivity contribution in [2.24, 2.45) is 0 Å². The third-order valence-corrected chi connectivity index (χ3v) is 0.442. The van der Waals surface area contributed by atoms with Gasteiger partial charge in [0.2, 0.25) is 0 Å². The van der Waals surface area contributed by atoms with Crippen LogP contribution < -0.4 is 0 Å². The molecule has 0 aromatic carbocycles. The van der Waals surface area contributed by atoms with Crippen molar-refractivity contribution in [1.82, 2.24) is 4.98 Å². The van der Waals surface area contributed by atoms with Crippen LogP contribution in [0, 0.1) is 37.3 Å². The van der Waals surface area contributed by atoms with Gasteiger partial charge in [0, 0.05) is 31.1 Å². The van der Waals surface area contributed by atoms with E-state index in [2.05, 4.69) is 11.2 Å². The Bertz CT molecular complexity index is 64.0. The third kappa shape index (κ3) is 1.69. The van der Waals surface area contributed by atoms with Crippen molar-refractivity contribution in [3.8, 4) is 0 Å². The van der Waals surface area contributed by atoms with Crippen LogP contribution in [-0.2, 0) is 0 Å². The van der Waals surface area contributed by atoms with Crippen molar-refractivity contribution in [3.05, 3.63) is 24.5 Å². The van der Waals surface area contributed by atoms with Crippen LogP contribution in [0.25, 0.3) is 0 Å². The van der Waals surface area contributed by atoms with Crippen LogP contribution in [0.2, 0.25) is 0 Å². The van der Waals surface area contributed by atoms with Crippen molar-refractivity contribution in [1.29, 1.82) is 0 Å². The molecule has 0 spiro atoms. The Morgan fingerprint density at radius 3 is 2.50 bits per heavy atom. The minimum absolute atomic E-state index is 0. The fourth-order valence-corrected chi connectivity index (χ4v) is 0.241. The van der Waals surface area contributed by atoms with Crippen LogP contribution >= 0.6 is 0 Å². The van der Waals surface area contributed by atoms with Crippen LogP contribution in [0.1, 0.15) is 0 Å². The average Bonchev–Trinajstić information content (AvgIpc) is 1.76. The van der Waals surface area contributed by atoms with Crippen molar-refractivity contribution >= 4 is 0 Å². The zero-order valence-corrected chi connectivity index (χ0v) is 7.40. The second kappa shape index (κ2) is 3.52. The molecule has 0 saturated heterocycles. The molecule has 0 unspecified atom stereocenters. The maximum atomic E-state index is 2.74. The van der Waals surface area contributed by atoms with Crippen LogP contribution in [0.4, 0.5) is 0 Å². The molecule has 0 bridgehead atoms. The van der Waals surface area contributed by atoms with Gasteiger partial charge in [-0.05, 0) is 0 Å². The summed E-state index contributed by atoms with van der Waals surface area (Å²) in [5.74, 6) is 0. The largest absolute Gasteiger partial charge is 0.484 e. The van der Waals surface area contributed by atoms with Crippen molar-refractivity contribution in [2.45, 2.75) is 0 Å². The first kappa shape index (κ1) is 6.33. The van der Waals surface area contributed by atoms with Gasteiger partial charge in [-0.15, -0.1) is 6.20 Å². The number of rotatable bonds is 0. The first-order valence-corrected chi connectivity index (χ1v) is 1.49. The molecular formula is C4H4NU-. The molecule has 1 aromatic rings. The summed E-state index contributed by atoms with van der Waals surface area (Å²) < 4.78 is 0. The number of aromatic nitrogens is 1. The van der Waals surface area contributed by atoms with Gasteiger partial charge in [0.05, 0.1) is 0 Å². The smallest absolute Gasteiger partial charge is 0 e. The van der Waals surface area contributed by atoms with Gasteiger partial charge in [-0.1, -0.05) is 0 Å². The Kier molecular flexibility index (Phi) is 3.71. The zero-order chi connectivity index (χ0) is 3.54. The summed E-state index contributed by atoms with van der Waals surface area (Å²) in [6.45, 7) is 0. The number of hydrogen-bond donors (Lipinski definition) is 1. The van der Waals surface area contributed by atoms with Gasteiger partial charge < -0.3 is 4.98 Å². The first-order chi connectivity index (χ1) is 2.50. The summed E-state index contributed by atoms with van der Waals surface area (Å²) in [5.41, 5.74) is 0. The summed E-state index contributed by atoms with van der Waals surface area (Å²) >= 11 is 0. The molecule has 30 valence electrons. The van der Waals surface area contributed by atoms with E-state index in [1.165, 1.54) is 0 Å². The Hall–Kier alpha value is 0.332. The Balaban J connectivity index is 0.000000250. The normalized spacial score (nSPS) is 6.67. The maximum absolute atomic E-state index is 2.74. The summed E-state index contributed by atoms with van der Waals surface area (Å²) in [6, 6.07) is 3.71. The molecule has 0 atom stereocenters. The minimum atomic E-state index is 0. The molecule has 1 rings (SSSR count). The van der Waals surface area contributed by atoms with Crippen LogP contribution in [0.15, 0.2) is 18.3 Å². The Labute approximate surface area is 60.5 Å². The second-order valence-corrected chi connectivity index (χ2v) is 0.814. The van der Waals surface area contributed by atoms with Crippen LogP contribution in [0.5, 0.6) is 0 Å². The zero-order valence-electron chi connectivity index (χ0n) is 3.23. The quantitative estimate of drug-likeness (QED) is 0.683. The molecule has 0 fully saturated rings. The second-order valence-electron chi connectivity index (χ2n) is 0.814. The molecule has 1 nitrogen and oxygen atoms in total. The molecule has 0 aliphatic rings. The summed E-state index contributed by atoms with van der Waals surface area (Å²) in [6.07, 6.45) is 4.56. The summed E-state index contributed by atoms with van der Waals surface area (Å²) in [4.78, 5) is 2.74. The van der Waals surface area contributed by atoms with E-state index in [0.717, 1.165) is 0 Å². The molecule has 1 heterocycles. The number of hydrogen-bond acceptors (Lipinski definition) is 0. The molecule has 0 aliphatic carbocycles. The predicted molar refractivity (Wildman–Crippen MR) is 19.6 cm³/mol. The minimum Gasteiger partial charge on any atom is -0.484 e. The van der Waals surface area contributed by atoms with E-state index in [0.29, 0.717) is 0 Å². The van der Waals surface area contributed by atoms with Gasteiger partial charge in [0.15, 0.2) is 0 Å². The van der Waals surface area contributed by atoms with Crippen molar-refractivity contribution < 1.29 is 31.1 Å². The van der Waals surface area contributed by atoms with Gasteiger partial charge in [-0.25, -0.2) is 0 Å². The predicted octanol–water partition coefficient (Wildman–Crippen LogP) is 0.815. The molecule has 6 heavy (non-hydrogen) atoms. The standard InChI is InChI=1S/C4H4N.U/c1-2-4-5-3-1;/h1-3,5H;/q-1;. The van der Waals surface area contributed by atoms with E-state index >= 15 is 0 Å². The van der Waals surface area contributed by atoms with Gasteiger partial charge in [0.25, 0.3) is 0 Å². The van der Waals surface area contributed by atoms with Gasteiger partial charge >= 0.3 is 0 Å². The summed E-state index contributed by atoms with van der Waals surface area (Å²) in [7, 11) is 0. The molecular weight excluding hydrogens is 300 g/mol. The maximum Gasteiger partial charge on any atom is 0 e. The van der Waals surface area contributed by atoms with Crippen molar-refractivity contribution in [3.63, 3.8) is 0 Å². The van der Waals surface area contributed by atoms with E-state index in [4.69, 9.17) is 0 Å². The average molecular weight is 304 g/mol. The first-order valence-electron chi connectivity index (χ1n) is 1.49. The number of nitrogens with one attached hydrogen (secondary N) is 1. The topological polar surface area (TPSA) is 15.8 Å². The van der Waals surface area contributed by atoms with Gasteiger partial charge in [-0.3, -0.25) is 0 Å². The Morgan fingerprint density at radius 1 is 1.50 bits per heavy atom. The van der Waals surface area contributed by atoms with Crippen LogP contribution in [0.3, 0.4) is 0 Å². The molecule has 1 N–H and O–H groups in total. The third-order valence-electron chi connectivity index (χ3n) is 0.442. The molecule has 2 heteroatoms. The monoisotopic (exact) mass is 304 g/mol. The molecule has 0 saturated carbocycles. The molecule has 0 amide bonds. The van der Waals surface area contributed by atoms with E-state index in [9.17, 15) is 0 Å². The van der Waals surface area contributed by atoms with E-state index < -0.39 is 0 Å². The summed E-state index contributed by atoms with van der Waals surface area (Å²) in [5, 5.41) is 0. The number of aromatic amines is 1. The van der Waals surface area contributed by atoms with Crippen molar-refractivity contribution in [2.75, 3.05) is 0 Å². The SMILES string of the molecule is [U].[c-]1ccc[nH]1. The molecule has 0 radical (unpaired) electrons. The van der Waals surface area contributed by atoms with E-state index in [1.807, 2.05) is 18.3 Å².